The fourth-order valence-corrected chi connectivity index (χ4v) is 4.46. The Balaban J connectivity index is 1.50. The molecule has 2 aromatic rings. The summed E-state index contributed by atoms with van der Waals surface area (Å²) >= 11 is 0. The number of carbonyl (C=O) groups excluding carboxylic acids is 2. The Hall–Kier alpha value is -3.84. The number of benzene rings is 2. The molecule has 2 aromatic carbocycles. The van der Waals surface area contributed by atoms with Crippen LogP contribution in [0.5, 0.6) is 17.2 Å². The van der Waals surface area contributed by atoms with Crippen LogP contribution in [-0.4, -0.2) is 79.3 Å². The second-order valence-corrected chi connectivity index (χ2v) is 10.3. The van der Waals surface area contributed by atoms with Gasteiger partial charge >= 0.3 is 0 Å². The molecule has 13 heteroatoms. The van der Waals surface area contributed by atoms with Crippen LogP contribution in [-0.2, 0) is 24.3 Å². The van der Waals surface area contributed by atoms with Gasteiger partial charge < -0.3 is 24.3 Å². The van der Waals surface area contributed by atoms with Gasteiger partial charge in [-0.3, -0.25) is 13.9 Å². The number of amides is 2. The SMILES string of the molecule is COc1ccc(N(CC(=O)N/N=C\c2ccc(OCC(=O)NC[C@@H]3CCCO3)cc2)S(C)(=O)=O)c(OC)c1. The summed E-state index contributed by atoms with van der Waals surface area (Å²) in [5.74, 6) is 0.314. The molecular weight excluding hydrogens is 516 g/mol. The normalized spacial score (nSPS) is 15.2. The van der Waals surface area contributed by atoms with Crippen molar-refractivity contribution in [3.63, 3.8) is 0 Å². The number of methoxy groups -OCH3 is 2. The molecule has 1 fully saturated rings. The van der Waals surface area contributed by atoms with Crippen molar-refractivity contribution >= 4 is 33.7 Å². The van der Waals surface area contributed by atoms with Gasteiger partial charge in [-0.1, -0.05) is 0 Å². The number of hydrazone groups is 1. The minimum atomic E-state index is -3.82. The first kappa shape index (κ1) is 28.7. The molecule has 3 rings (SSSR count). The lowest BCUT2D eigenvalue weighted by atomic mass is 10.2. The number of rotatable bonds is 13. The van der Waals surface area contributed by atoms with E-state index in [1.54, 1.807) is 30.3 Å². The van der Waals surface area contributed by atoms with E-state index >= 15 is 0 Å². The molecule has 2 N–H and O–H groups in total. The largest absolute Gasteiger partial charge is 0.497 e. The second kappa shape index (κ2) is 13.6. The Bertz CT molecular complexity index is 1230. The first-order valence-corrected chi connectivity index (χ1v) is 13.7. The highest BCUT2D eigenvalue weighted by atomic mass is 32.2. The molecule has 206 valence electrons. The monoisotopic (exact) mass is 548 g/mol. The Morgan fingerprint density at radius 2 is 1.84 bits per heavy atom. The van der Waals surface area contributed by atoms with Gasteiger partial charge in [0.2, 0.25) is 10.0 Å². The van der Waals surface area contributed by atoms with Crippen LogP contribution >= 0.6 is 0 Å². The predicted octanol–water partition coefficient (Wildman–Crippen LogP) is 1.29. The van der Waals surface area contributed by atoms with E-state index in [0.717, 1.165) is 30.0 Å². The summed E-state index contributed by atoms with van der Waals surface area (Å²) in [6, 6.07) is 11.3. The maximum Gasteiger partial charge on any atom is 0.260 e. The van der Waals surface area contributed by atoms with Crippen molar-refractivity contribution in [3.05, 3.63) is 48.0 Å². The molecule has 0 bridgehead atoms. The number of hydrogen-bond acceptors (Lipinski definition) is 9. The summed E-state index contributed by atoms with van der Waals surface area (Å²) in [6.07, 6.45) is 4.41. The number of hydrogen-bond donors (Lipinski definition) is 2. The van der Waals surface area contributed by atoms with Gasteiger partial charge in [-0.05, 0) is 54.8 Å². The zero-order valence-corrected chi connectivity index (χ0v) is 22.3. The third-order valence-electron chi connectivity index (χ3n) is 5.55. The number of ether oxygens (including phenoxy) is 4. The van der Waals surface area contributed by atoms with Crippen molar-refractivity contribution in [3.8, 4) is 17.2 Å². The predicted molar refractivity (Wildman–Crippen MR) is 141 cm³/mol. The molecule has 1 aliphatic rings. The third-order valence-corrected chi connectivity index (χ3v) is 6.67. The molecule has 38 heavy (non-hydrogen) atoms. The van der Waals surface area contributed by atoms with E-state index < -0.39 is 22.5 Å². The van der Waals surface area contributed by atoms with Crippen molar-refractivity contribution in [1.82, 2.24) is 10.7 Å². The lowest BCUT2D eigenvalue weighted by molar-refractivity contribution is -0.123. The highest BCUT2D eigenvalue weighted by Crippen LogP contribution is 2.33. The second-order valence-electron chi connectivity index (χ2n) is 8.40. The van der Waals surface area contributed by atoms with E-state index in [2.05, 4.69) is 15.8 Å². The van der Waals surface area contributed by atoms with Crippen LogP contribution in [0.1, 0.15) is 18.4 Å². The van der Waals surface area contributed by atoms with Crippen LogP contribution in [0.4, 0.5) is 5.69 Å². The maximum atomic E-state index is 12.5. The smallest absolute Gasteiger partial charge is 0.260 e. The zero-order valence-electron chi connectivity index (χ0n) is 21.5. The van der Waals surface area contributed by atoms with Gasteiger partial charge in [0.25, 0.3) is 11.8 Å². The topological polar surface area (TPSA) is 145 Å². The highest BCUT2D eigenvalue weighted by molar-refractivity contribution is 7.92. The minimum Gasteiger partial charge on any atom is -0.497 e. The zero-order chi connectivity index (χ0) is 27.5. The van der Waals surface area contributed by atoms with E-state index in [1.807, 2.05) is 0 Å². The lowest BCUT2D eigenvalue weighted by Crippen LogP contribution is -2.39. The van der Waals surface area contributed by atoms with E-state index in [9.17, 15) is 18.0 Å². The molecule has 12 nitrogen and oxygen atoms in total. The van der Waals surface area contributed by atoms with Crippen LogP contribution < -0.4 is 29.3 Å². The number of carbonyl (C=O) groups is 2. The fourth-order valence-electron chi connectivity index (χ4n) is 3.60. The van der Waals surface area contributed by atoms with Crippen LogP contribution in [0.3, 0.4) is 0 Å². The Labute approximate surface area is 221 Å². The van der Waals surface area contributed by atoms with Crippen molar-refractivity contribution < 1.29 is 37.0 Å². The lowest BCUT2D eigenvalue weighted by Gasteiger charge is -2.23. The quantitative estimate of drug-likeness (QED) is 0.281. The molecule has 0 spiro atoms. The summed E-state index contributed by atoms with van der Waals surface area (Å²) in [7, 11) is -0.952. The molecule has 0 aliphatic carbocycles. The van der Waals surface area contributed by atoms with Crippen molar-refractivity contribution in [2.75, 3.05) is 51.1 Å². The standard InChI is InChI=1S/C25H32N4O8S/c1-34-20-10-11-22(23(13-20)35-2)29(38(3,32)33)16-24(30)28-27-14-18-6-8-19(9-7-18)37-17-25(31)26-15-21-5-4-12-36-21/h6-11,13-14,21H,4-5,12,15-17H2,1-3H3,(H,26,31)(H,28,30)/b27-14-/t21-/m0/s1. The number of nitrogens with one attached hydrogen (secondary N) is 2. The molecule has 1 heterocycles. The minimum absolute atomic E-state index is 0.0673. The molecular formula is C25H32N4O8S. The average molecular weight is 549 g/mol. The van der Waals surface area contributed by atoms with Crippen LogP contribution in [0, 0.1) is 0 Å². The molecule has 0 unspecified atom stereocenters. The van der Waals surface area contributed by atoms with Gasteiger partial charge in [0, 0.05) is 19.2 Å². The van der Waals surface area contributed by atoms with Gasteiger partial charge in [0.15, 0.2) is 6.61 Å². The van der Waals surface area contributed by atoms with E-state index in [0.29, 0.717) is 23.6 Å². The van der Waals surface area contributed by atoms with Gasteiger partial charge in [-0.2, -0.15) is 5.10 Å². The van der Waals surface area contributed by atoms with Crippen molar-refractivity contribution in [2.45, 2.75) is 18.9 Å². The van der Waals surface area contributed by atoms with Gasteiger partial charge in [0.1, 0.15) is 23.8 Å². The molecule has 0 aromatic heterocycles. The Morgan fingerprint density at radius 3 is 2.47 bits per heavy atom. The molecule has 1 saturated heterocycles. The van der Waals surface area contributed by atoms with Crippen molar-refractivity contribution in [1.29, 1.82) is 0 Å². The molecule has 0 saturated carbocycles. The number of anilines is 1. The first-order valence-electron chi connectivity index (χ1n) is 11.8. The Kier molecular flexibility index (Phi) is 10.3. The molecule has 1 atom stereocenters. The Morgan fingerprint density at radius 1 is 1.11 bits per heavy atom. The molecule has 2 amide bonds. The maximum absolute atomic E-state index is 12.5. The number of sulfonamides is 1. The summed E-state index contributed by atoms with van der Waals surface area (Å²) in [5.41, 5.74) is 3.16. The van der Waals surface area contributed by atoms with Crippen molar-refractivity contribution in [2.24, 2.45) is 5.10 Å². The van der Waals surface area contributed by atoms with Crippen LogP contribution in [0.15, 0.2) is 47.6 Å². The van der Waals surface area contributed by atoms with E-state index in [-0.39, 0.29) is 30.1 Å². The first-order chi connectivity index (χ1) is 18.2. The van der Waals surface area contributed by atoms with Crippen LogP contribution in [0.2, 0.25) is 0 Å². The highest BCUT2D eigenvalue weighted by Gasteiger charge is 2.24. The number of nitrogens with zero attached hydrogens (tertiary/aromatic N) is 2. The average Bonchev–Trinajstić information content (AvgIpc) is 3.43. The van der Waals surface area contributed by atoms with E-state index in [4.69, 9.17) is 18.9 Å². The van der Waals surface area contributed by atoms with Gasteiger partial charge in [-0.15, -0.1) is 0 Å². The van der Waals surface area contributed by atoms with Crippen LogP contribution in [0.25, 0.3) is 0 Å². The molecule has 0 radical (unpaired) electrons. The summed E-state index contributed by atoms with van der Waals surface area (Å²) in [6.45, 7) is 0.569. The summed E-state index contributed by atoms with van der Waals surface area (Å²) in [4.78, 5) is 24.4. The van der Waals surface area contributed by atoms with E-state index in [1.165, 1.54) is 32.6 Å². The van der Waals surface area contributed by atoms with Gasteiger partial charge in [-0.25, -0.2) is 13.8 Å². The fraction of sp³-hybridized carbons (Fsp3) is 0.400. The third kappa shape index (κ3) is 8.63. The summed E-state index contributed by atoms with van der Waals surface area (Å²) < 4.78 is 47.0. The molecule has 1 aliphatic heterocycles. The van der Waals surface area contributed by atoms with Gasteiger partial charge in [0.05, 0.1) is 38.5 Å². The summed E-state index contributed by atoms with van der Waals surface area (Å²) in [5, 5.41) is 6.68.